The van der Waals surface area contributed by atoms with E-state index >= 15 is 0 Å². The maximum atomic E-state index is 12.0. The number of nitrogens with zero attached hydrogens (tertiary/aromatic N) is 3. The molecule has 0 bridgehead atoms. The van der Waals surface area contributed by atoms with Crippen molar-refractivity contribution in [3.8, 4) is 0 Å². The van der Waals surface area contributed by atoms with Crippen LogP contribution in [0.2, 0.25) is 0 Å². The molecule has 116 valence electrons. The Hall–Kier alpha value is -2.37. The van der Waals surface area contributed by atoms with E-state index in [0.29, 0.717) is 19.5 Å². The van der Waals surface area contributed by atoms with Crippen LogP contribution in [-0.2, 0) is 22.7 Å². The normalized spacial score (nSPS) is 14.8. The molecule has 1 aliphatic rings. The lowest BCUT2D eigenvalue weighted by molar-refractivity contribution is -0.133. The van der Waals surface area contributed by atoms with Crippen molar-refractivity contribution in [2.24, 2.45) is 0 Å². The average molecular weight is 300 g/mol. The van der Waals surface area contributed by atoms with E-state index in [2.05, 4.69) is 10.4 Å². The number of carbonyl (C=O) groups excluding carboxylic acids is 2. The van der Waals surface area contributed by atoms with Gasteiger partial charge in [-0.1, -0.05) is 18.2 Å². The lowest BCUT2D eigenvalue weighted by atomic mass is 10.2. The first-order valence-electron chi connectivity index (χ1n) is 7.68. The number of rotatable bonds is 5. The first-order valence-corrected chi connectivity index (χ1v) is 7.68. The van der Waals surface area contributed by atoms with Gasteiger partial charge in [0.15, 0.2) is 0 Å². The smallest absolute Gasteiger partial charge is 0.239 e. The van der Waals surface area contributed by atoms with Gasteiger partial charge in [0.05, 0.1) is 24.3 Å². The third-order valence-electron chi connectivity index (χ3n) is 3.99. The minimum Gasteiger partial charge on any atom is -0.349 e. The molecule has 1 aromatic carbocycles. The molecule has 1 saturated heterocycles. The van der Waals surface area contributed by atoms with Crippen LogP contribution in [-0.4, -0.2) is 39.6 Å². The summed E-state index contributed by atoms with van der Waals surface area (Å²) in [4.78, 5) is 25.1. The molecule has 1 fully saturated rings. The second-order valence-electron chi connectivity index (χ2n) is 5.48. The van der Waals surface area contributed by atoms with Gasteiger partial charge in [-0.05, 0) is 19.4 Å². The number of aromatic nitrogens is 2. The van der Waals surface area contributed by atoms with Crippen molar-refractivity contribution in [3.05, 3.63) is 30.0 Å². The lowest BCUT2D eigenvalue weighted by Crippen LogP contribution is -2.37. The summed E-state index contributed by atoms with van der Waals surface area (Å²) in [6, 6.07) is 8.00. The predicted octanol–water partition coefficient (Wildman–Crippen LogP) is 1.29. The van der Waals surface area contributed by atoms with Gasteiger partial charge in [0.25, 0.3) is 0 Å². The topological polar surface area (TPSA) is 67.2 Å². The molecular weight excluding hydrogens is 280 g/mol. The Morgan fingerprint density at radius 2 is 2.18 bits per heavy atom. The van der Waals surface area contributed by atoms with Crippen LogP contribution in [0.1, 0.15) is 25.5 Å². The number of fused-ring (bicyclic) bond motifs is 1. The quantitative estimate of drug-likeness (QED) is 0.905. The van der Waals surface area contributed by atoms with E-state index in [9.17, 15) is 9.59 Å². The number of likely N-dealkylation sites (tertiary alicyclic amines) is 1. The van der Waals surface area contributed by atoms with Crippen molar-refractivity contribution in [2.45, 2.75) is 32.9 Å². The summed E-state index contributed by atoms with van der Waals surface area (Å²) < 4.78 is 1.93. The number of amides is 2. The fourth-order valence-corrected chi connectivity index (χ4v) is 2.85. The van der Waals surface area contributed by atoms with Gasteiger partial charge in [-0.15, -0.1) is 0 Å². The Morgan fingerprint density at radius 3 is 2.91 bits per heavy atom. The zero-order valence-electron chi connectivity index (χ0n) is 12.7. The summed E-state index contributed by atoms with van der Waals surface area (Å²) in [6.45, 7) is 4.04. The molecule has 1 aromatic heterocycles. The highest BCUT2D eigenvalue weighted by Crippen LogP contribution is 2.18. The Bertz CT molecular complexity index is 707. The van der Waals surface area contributed by atoms with E-state index in [1.54, 1.807) is 4.90 Å². The van der Waals surface area contributed by atoms with Crippen LogP contribution in [0.3, 0.4) is 0 Å². The molecule has 2 heterocycles. The molecule has 2 amide bonds. The molecule has 0 spiro atoms. The van der Waals surface area contributed by atoms with Gasteiger partial charge < -0.3 is 10.2 Å². The van der Waals surface area contributed by atoms with Crippen LogP contribution in [0.25, 0.3) is 10.9 Å². The van der Waals surface area contributed by atoms with E-state index in [1.165, 1.54) is 0 Å². The Morgan fingerprint density at radius 1 is 1.36 bits per heavy atom. The van der Waals surface area contributed by atoms with Crippen LogP contribution >= 0.6 is 0 Å². The number of para-hydroxylation sites is 1. The number of carbonyl (C=O) groups is 2. The summed E-state index contributed by atoms with van der Waals surface area (Å²) in [5.41, 5.74) is 1.93. The molecule has 1 aliphatic heterocycles. The third-order valence-corrected chi connectivity index (χ3v) is 3.99. The summed E-state index contributed by atoms with van der Waals surface area (Å²) >= 11 is 0. The van der Waals surface area contributed by atoms with Gasteiger partial charge in [0, 0.05) is 24.9 Å². The van der Waals surface area contributed by atoms with Gasteiger partial charge >= 0.3 is 0 Å². The van der Waals surface area contributed by atoms with Crippen LogP contribution in [0.5, 0.6) is 0 Å². The minimum atomic E-state index is -0.134. The highest BCUT2D eigenvalue weighted by atomic mass is 16.2. The molecular formula is C16H20N4O2. The van der Waals surface area contributed by atoms with Gasteiger partial charge in [-0.3, -0.25) is 14.3 Å². The van der Waals surface area contributed by atoms with Gasteiger partial charge in [-0.2, -0.15) is 5.10 Å². The molecule has 22 heavy (non-hydrogen) atoms. The number of benzene rings is 1. The SMILES string of the molecule is CCn1nc(CNC(=O)CN2CCCC2=O)c2ccccc21. The van der Waals surface area contributed by atoms with Crippen LogP contribution < -0.4 is 5.32 Å². The molecule has 0 radical (unpaired) electrons. The lowest BCUT2D eigenvalue weighted by Gasteiger charge is -2.14. The Labute approximate surface area is 129 Å². The number of nitrogens with one attached hydrogen (secondary N) is 1. The summed E-state index contributed by atoms with van der Waals surface area (Å²) in [5, 5.41) is 8.47. The van der Waals surface area contributed by atoms with Crippen LogP contribution in [0.15, 0.2) is 24.3 Å². The molecule has 1 N–H and O–H groups in total. The van der Waals surface area contributed by atoms with Gasteiger partial charge in [0.1, 0.15) is 0 Å². The highest BCUT2D eigenvalue weighted by Gasteiger charge is 2.22. The first kappa shape index (κ1) is 14.6. The third kappa shape index (κ3) is 2.81. The minimum absolute atomic E-state index is 0.0656. The largest absolute Gasteiger partial charge is 0.349 e. The van der Waals surface area contributed by atoms with Crippen LogP contribution in [0.4, 0.5) is 0 Å². The van der Waals surface area contributed by atoms with E-state index in [-0.39, 0.29) is 18.4 Å². The molecule has 0 aliphatic carbocycles. The summed E-state index contributed by atoms with van der Waals surface area (Å²) in [5.74, 6) is -0.0683. The molecule has 3 rings (SSSR count). The molecule has 0 unspecified atom stereocenters. The van der Waals surface area contributed by atoms with Crippen molar-refractivity contribution >= 4 is 22.7 Å². The maximum Gasteiger partial charge on any atom is 0.239 e. The van der Waals surface area contributed by atoms with Crippen LogP contribution in [0, 0.1) is 0 Å². The van der Waals surface area contributed by atoms with Crippen molar-refractivity contribution in [1.29, 1.82) is 0 Å². The monoisotopic (exact) mass is 300 g/mol. The average Bonchev–Trinajstić information content (AvgIpc) is 3.09. The van der Waals surface area contributed by atoms with E-state index in [0.717, 1.165) is 29.6 Å². The van der Waals surface area contributed by atoms with E-state index in [4.69, 9.17) is 0 Å². The second kappa shape index (κ2) is 6.17. The van der Waals surface area contributed by atoms with Crippen molar-refractivity contribution in [1.82, 2.24) is 20.0 Å². The molecule has 0 atom stereocenters. The number of aryl methyl sites for hydroxylation is 1. The maximum absolute atomic E-state index is 12.0. The second-order valence-corrected chi connectivity index (χ2v) is 5.48. The van der Waals surface area contributed by atoms with Gasteiger partial charge in [0.2, 0.25) is 11.8 Å². The Kier molecular flexibility index (Phi) is 4.09. The summed E-state index contributed by atoms with van der Waals surface area (Å²) in [6.07, 6.45) is 1.40. The van der Waals surface area contributed by atoms with E-state index in [1.807, 2.05) is 35.9 Å². The molecule has 6 nitrogen and oxygen atoms in total. The zero-order chi connectivity index (χ0) is 15.5. The predicted molar refractivity (Wildman–Crippen MR) is 83.1 cm³/mol. The molecule has 0 saturated carbocycles. The first-order chi connectivity index (χ1) is 10.7. The highest BCUT2D eigenvalue weighted by molar-refractivity contribution is 5.86. The van der Waals surface area contributed by atoms with Crippen molar-refractivity contribution < 1.29 is 9.59 Å². The zero-order valence-corrected chi connectivity index (χ0v) is 12.7. The van der Waals surface area contributed by atoms with Crippen molar-refractivity contribution in [3.63, 3.8) is 0 Å². The van der Waals surface area contributed by atoms with Crippen molar-refractivity contribution in [2.75, 3.05) is 13.1 Å². The molecule has 6 heteroatoms. The van der Waals surface area contributed by atoms with E-state index < -0.39 is 0 Å². The molecule has 2 aromatic rings. The van der Waals surface area contributed by atoms with Gasteiger partial charge in [-0.25, -0.2) is 0 Å². The Balaban J connectivity index is 1.66. The fourth-order valence-electron chi connectivity index (χ4n) is 2.85. The summed E-state index contributed by atoms with van der Waals surface area (Å²) in [7, 11) is 0. The number of hydrogen-bond donors (Lipinski definition) is 1. The standard InChI is InChI=1S/C16H20N4O2/c1-2-20-14-7-4-3-6-12(14)13(18-20)10-17-15(21)11-19-9-5-8-16(19)22/h3-4,6-7H,2,5,8-11H2,1H3,(H,17,21). The fraction of sp³-hybridized carbons (Fsp3) is 0.438. The number of hydrogen-bond acceptors (Lipinski definition) is 3.